The minimum atomic E-state index is -0.776. The van der Waals surface area contributed by atoms with Crippen molar-refractivity contribution in [1.29, 1.82) is 5.41 Å². The van der Waals surface area contributed by atoms with E-state index in [4.69, 9.17) is 16.0 Å². The summed E-state index contributed by atoms with van der Waals surface area (Å²) < 4.78 is 5.66. The van der Waals surface area contributed by atoms with Crippen LogP contribution in [-0.2, 0) is 9.59 Å². The van der Waals surface area contributed by atoms with Gasteiger partial charge in [-0.25, -0.2) is 5.84 Å². The van der Waals surface area contributed by atoms with Crippen molar-refractivity contribution < 1.29 is 14.3 Å². The number of amides is 2. The van der Waals surface area contributed by atoms with Crippen LogP contribution in [0.15, 0.2) is 30.3 Å². The summed E-state index contributed by atoms with van der Waals surface area (Å²) in [5.74, 6) is 9.04. The average Bonchev–Trinajstić information content (AvgIpc) is 3.17. The maximum atomic E-state index is 14.2. The van der Waals surface area contributed by atoms with Gasteiger partial charge in [0.05, 0.1) is 0 Å². The number of nitrogens with zero attached hydrogens (tertiary/aromatic N) is 3. The molecule has 0 aromatic heterocycles. The normalized spacial score (nSPS) is 25.6. The van der Waals surface area contributed by atoms with Gasteiger partial charge in [0, 0.05) is 19.6 Å². The SMILES string of the molecule is N=C1N(CC2CCN(C(=O)COc3ccccc3)CC2)C(=O)C(CCC2CCCCC2)(CC2CCCCC2)N1N. The molecule has 2 heterocycles. The zero-order chi connectivity index (χ0) is 28.0. The van der Waals surface area contributed by atoms with E-state index in [2.05, 4.69) is 0 Å². The molecule has 2 amide bonds. The molecule has 1 aromatic carbocycles. The van der Waals surface area contributed by atoms with E-state index < -0.39 is 5.54 Å². The monoisotopic (exact) mass is 551 g/mol. The number of hydrogen-bond donors (Lipinski definition) is 2. The summed E-state index contributed by atoms with van der Waals surface area (Å²) >= 11 is 0. The number of likely N-dealkylation sites (tertiary alicyclic amines) is 1. The minimum Gasteiger partial charge on any atom is -0.484 e. The standard InChI is InChI=1S/C32H49N5O3/c33-31-36(23-27-17-20-35(21-18-27)29(38)24-40-28-14-8-3-9-15-28)30(39)32(37(31)34,22-26-12-6-2-7-13-26)19-16-25-10-4-1-5-11-25/h3,8-9,14-15,25-27,33H,1-2,4-7,10-13,16-24,34H2. The summed E-state index contributed by atoms with van der Waals surface area (Å²) in [6.45, 7) is 1.86. The molecule has 2 saturated heterocycles. The molecule has 0 spiro atoms. The molecule has 1 unspecified atom stereocenters. The lowest BCUT2D eigenvalue weighted by molar-refractivity contribution is -0.137. The van der Waals surface area contributed by atoms with Gasteiger partial charge in [0.25, 0.3) is 11.8 Å². The summed E-state index contributed by atoms with van der Waals surface area (Å²) in [6, 6.07) is 9.41. The number of ether oxygens (including phenoxy) is 1. The molecule has 0 bridgehead atoms. The summed E-state index contributed by atoms with van der Waals surface area (Å²) in [7, 11) is 0. The molecule has 2 aliphatic heterocycles. The number of hydrogen-bond acceptors (Lipinski definition) is 5. The third kappa shape index (κ3) is 6.64. The van der Waals surface area contributed by atoms with Crippen LogP contribution < -0.4 is 10.6 Å². The highest BCUT2D eigenvalue weighted by Gasteiger charge is 2.55. The molecule has 3 N–H and O–H groups in total. The maximum absolute atomic E-state index is 14.2. The Balaban J connectivity index is 1.19. The summed E-state index contributed by atoms with van der Waals surface area (Å²) in [4.78, 5) is 30.5. The van der Waals surface area contributed by atoms with E-state index in [1.165, 1.54) is 64.2 Å². The predicted molar refractivity (Wildman–Crippen MR) is 156 cm³/mol. The molecule has 40 heavy (non-hydrogen) atoms. The van der Waals surface area contributed by atoms with Gasteiger partial charge in [-0.05, 0) is 62.0 Å². The molecule has 2 aliphatic carbocycles. The van der Waals surface area contributed by atoms with Crippen molar-refractivity contribution in [3.63, 3.8) is 0 Å². The molecule has 4 fully saturated rings. The van der Waals surface area contributed by atoms with E-state index in [1.807, 2.05) is 35.2 Å². The molecule has 8 heteroatoms. The lowest BCUT2D eigenvalue weighted by Crippen LogP contribution is -2.54. The third-order valence-electron chi connectivity index (χ3n) is 10.1. The molecular formula is C32H49N5O3. The van der Waals surface area contributed by atoms with Crippen LogP contribution in [0.3, 0.4) is 0 Å². The Morgan fingerprint density at radius 3 is 2.17 bits per heavy atom. The number of para-hydroxylation sites is 1. The number of benzene rings is 1. The lowest BCUT2D eigenvalue weighted by Gasteiger charge is -2.38. The van der Waals surface area contributed by atoms with Crippen molar-refractivity contribution >= 4 is 17.8 Å². The highest BCUT2D eigenvalue weighted by atomic mass is 16.5. The van der Waals surface area contributed by atoms with Crippen LogP contribution in [-0.4, -0.2) is 64.4 Å². The van der Waals surface area contributed by atoms with E-state index in [9.17, 15) is 9.59 Å². The van der Waals surface area contributed by atoms with E-state index in [0.717, 1.165) is 32.1 Å². The fourth-order valence-electron chi connectivity index (χ4n) is 7.63. The number of nitrogens with one attached hydrogen (secondary N) is 1. The Kier molecular flexibility index (Phi) is 9.66. The van der Waals surface area contributed by atoms with Crippen LogP contribution in [0, 0.1) is 23.2 Å². The smallest absolute Gasteiger partial charge is 0.260 e. The van der Waals surface area contributed by atoms with Gasteiger partial charge in [0.1, 0.15) is 11.3 Å². The topological polar surface area (TPSA) is 103 Å². The first-order valence-corrected chi connectivity index (χ1v) is 15.9. The molecule has 0 radical (unpaired) electrons. The van der Waals surface area contributed by atoms with E-state index in [0.29, 0.717) is 37.2 Å². The van der Waals surface area contributed by atoms with Crippen LogP contribution in [0.4, 0.5) is 0 Å². The fraction of sp³-hybridized carbons (Fsp3) is 0.719. The minimum absolute atomic E-state index is 0.00496. The van der Waals surface area contributed by atoms with Gasteiger partial charge in [0.15, 0.2) is 6.61 Å². The van der Waals surface area contributed by atoms with Crippen molar-refractivity contribution in [3.8, 4) is 5.75 Å². The number of piperidine rings is 1. The van der Waals surface area contributed by atoms with E-state index in [-0.39, 0.29) is 30.3 Å². The van der Waals surface area contributed by atoms with Gasteiger partial charge in [-0.3, -0.25) is 24.9 Å². The van der Waals surface area contributed by atoms with Gasteiger partial charge >= 0.3 is 0 Å². The van der Waals surface area contributed by atoms with Crippen LogP contribution >= 0.6 is 0 Å². The van der Waals surface area contributed by atoms with Crippen molar-refractivity contribution in [2.45, 2.75) is 102 Å². The molecule has 220 valence electrons. The Morgan fingerprint density at radius 1 is 0.900 bits per heavy atom. The second kappa shape index (κ2) is 13.4. The first-order chi connectivity index (χ1) is 19.5. The summed E-state index contributed by atoms with van der Waals surface area (Å²) in [5.41, 5.74) is -0.776. The number of guanidine groups is 1. The maximum Gasteiger partial charge on any atom is 0.260 e. The Labute approximate surface area is 240 Å². The Hall–Kier alpha value is -2.61. The number of nitrogens with two attached hydrogens (primary N) is 1. The number of carbonyl (C=O) groups is 2. The molecule has 1 aromatic rings. The summed E-state index contributed by atoms with van der Waals surface area (Å²) in [6.07, 6.45) is 16.7. The molecular weight excluding hydrogens is 502 g/mol. The molecule has 8 nitrogen and oxygen atoms in total. The van der Waals surface area contributed by atoms with Crippen molar-refractivity contribution in [2.75, 3.05) is 26.2 Å². The quantitative estimate of drug-likeness (QED) is 0.383. The number of rotatable bonds is 10. The second-order valence-electron chi connectivity index (χ2n) is 12.8. The first-order valence-electron chi connectivity index (χ1n) is 15.9. The lowest BCUT2D eigenvalue weighted by atomic mass is 9.74. The van der Waals surface area contributed by atoms with Crippen LogP contribution in [0.1, 0.15) is 96.3 Å². The van der Waals surface area contributed by atoms with Crippen LogP contribution in [0.5, 0.6) is 5.75 Å². The third-order valence-corrected chi connectivity index (χ3v) is 10.1. The van der Waals surface area contributed by atoms with Crippen molar-refractivity contribution in [3.05, 3.63) is 30.3 Å². The van der Waals surface area contributed by atoms with Gasteiger partial charge in [-0.15, -0.1) is 0 Å². The molecule has 1 atom stereocenters. The Bertz CT molecular complexity index is 999. The largest absolute Gasteiger partial charge is 0.484 e. The first kappa shape index (κ1) is 28.9. The van der Waals surface area contributed by atoms with Gasteiger partial charge in [-0.1, -0.05) is 82.4 Å². The predicted octanol–water partition coefficient (Wildman–Crippen LogP) is 5.33. The molecule has 4 aliphatic rings. The van der Waals surface area contributed by atoms with Gasteiger partial charge in [-0.2, -0.15) is 0 Å². The molecule has 5 rings (SSSR count). The average molecular weight is 552 g/mol. The van der Waals surface area contributed by atoms with Crippen LogP contribution in [0.2, 0.25) is 0 Å². The van der Waals surface area contributed by atoms with Crippen molar-refractivity contribution in [2.24, 2.45) is 23.6 Å². The zero-order valence-corrected chi connectivity index (χ0v) is 24.2. The van der Waals surface area contributed by atoms with Crippen molar-refractivity contribution in [1.82, 2.24) is 14.8 Å². The summed E-state index contributed by atoms with van der Waals surface area (Å²) in [5, 5.41) is 10.5. The number of carbonyl (C=O) groups excluding carboxylic acids is 2. The zero-order valence-electron chi connectivity index (χ0n) is 24.2. The molecule has 2 saturated carbocycles. The Morgan fingerprint density at radius 2 is 1.52 bits per heavy atom. The van der Waals surface area contributed by atoms with E-state index >= 15 is 0 Å². The fourth-order valence-corrected chi connectivity index (χ4v) is 7.63. The number of hydrazine groups is 1. The second-order valence-corrected chi connectivity index (χ2v) is 12.8. The van der Waals surface area contributed by atoms with Gasteiger partial charge in [0.2, 0.25) is 5.96 Å². The highest BCUT2D eigenvalue weighted by Crippen LogP contribution is 2.42. The van der Waals surface area contributed by atoms with E-state index in [1.54, 1.807) is 9.91 Å². The van der Waals surface area contributed by atoms with Gasteiger partial charge < -0.3 is 9.64 Å². The van der Waals surface area contributed by atoms with Crippen LogP contribution in [0.25, 0.3) is 0 Å². The highest BCUT2D eigenvalue weighted by molar-refractivity contribution is 6.07.